The predicted molar refractivity (Wildman–Crippen MR) is 84.0 cm³/mol. The number of methoxy groups -OCH3 is 2. The van der Waals surface area contributed by atoms with E-state index in [0.29, 0.717) is 12.3 Å². The average Bonchev–Trinajstić information content (AvgIpc) is 2.54. The first-order valence-electron chi connectivity index (χ1n) is 6.56. The maximum atomic E-state index is 12.4. The molecule has 0 aliphatic carbocycles. The molecular weight excluding hydrogens is 286 g/mol. The van der Waals surface area contributed by atoms with E-state index in [9.17, 15) is 4.21 Å². The molecule has 0 spiro atoms. The van der Waals surface area contributed by atoms with Gasteiger partial charge in [-0.15, -0.1) is 0 Å². The van der Waals surface area contributed by atoms with Crippen LogP contribution in [0, 0.1) is 0 Å². The molecule has 1 unspecified atom stereocenters. The van der Waals surface area contributed by atoms with Crippen molar-refractivity contribution in [3.05, 3.63) is 53.6 Å². The molecule has 0 saturated carbocycles. The van der Waals surface area contributed by atoms with Crippen LogP contribution < -0.4 is 15.2 Å². The maximum Gasteiger partial charge on any atom is 0.123 e. The minimum Gasteiger partial charge on any atom is -0.497 e. The van der Waals surface area contributed by atoms with Gasteiger partial charge in [-0.05, 0) is 35.9 Å². The molecule has 2 N–H and O–H groups in total. The highest BCUT2D eigenvalue weighted by molar-refractivity contribution is 7.84. The van der Waals surface area contributed by atoms with Crippen LogP contribution in [0.3, 0.4) is 0 Å². The van der Waals surface area contributed by atoms with Gasteiger partial charge < -0.3 is 15.2 Å². The molecule has 21 heavy (non-hydrogen) atoms. The SMILES string of the molecule is COc1ccc(S(=O)Cc2ccc(CN)c(OC)c2)cc1. The lowest BCUT2D eigenvalue weighted by Crippen LogP contribution is -2.02. The molecule has 0 saturated heterocycles. The van der Waals surface area contributed by atoms with E-state index in [1.54, 1.807) is 14.2 Å². The van der Waals surface area contributed by atoms with Crippen LogP contribution >= 0.6 is 0 Å². The number of hydrogen-bond acceptors (Lipinski definition) is 4. The third kappa shape index (κ3) is 3.83. The van der Waals surface area contributed by atoms with Crippen LogP contribution in [-0.2, 0) is 23.1 Å². The van der Waals surface area contributed by atoms with Crippen molar-refractivity contribution in [2.45, 2.75) is 17.2 Å². The van der Waals surface area contributed by atoms with Crippen molar-refractivity contribution in [1.29, 1.82) is 0 Å². The minimum absolute atomic E-state index is 0.422. The fraction of sp³-hybridized carbons (Fsp3) is 0.250. The zero-order chi connectivity index (χ0) is 15.2. The fourth-order valence-corrected chi connectivity index (χ4v) is 3.10. The smallest absolute Gasteiger partial charge is 0.123 e. The molecule has 0 radical (unpaired) electrons. The third-order valence-corrected chi connectivity index (χ3v) is 4.58. The van der Waals surface area contributed by atoms with Crippen LogP contribution in [0.1, 0.15) is 11.1 Å². The van der Waals surface area contributed by atoms with Gasteiger partial charge in [0.05, 0.1) is 30.8 Å². The Morgan fingerprint density at radius 3 is 2.33 bits per heavy atom. The van der Waals surface area contributed by atoms with Crippen LogP contribution in [0.25, 0.3) is 0 Å². The van der Waals surface area contributed by atoms with Gasteiger partial charge >= 0.3 is 0 Å². The molecule has 0 aromatic heterocycles. The Morgan fingerprint density at radius 1 is 1.05 bits per heavy atom. The molecule has 0 amide bonds. The van der Waals surface area contributed by atoms with Crippen molar-refractivity contribution < 1.29 is 13.7 Å². The molecular formula is C16H19NO3S. The average molecular weight is 305 g/mol. The summed E-state index contributed by atoms with van der Waals surface area (Å²) in [5, 5.41) is 0. The molecule has 0 aliphatic rings. The van der Waals surface area contributed by atoms with Gasteiger partial charge in [-0.1, -0.05) is 12.1 Å². The molecule has 1 atom stereocenters. The molecule has 112 valence electrons. The summed E-state index contributed by atoms with van der Waals surface area (Å²) in [4.78, 5) is 0.776. The van der Waals surface area contributed by atoms with Crippen molar-refractivity contribution in [2.75, 3.05) is 14.2 Å². The quantitative estimate of drug-likeness (QED) is 0.890. The summed E-state index contributed by atoms with van der Waals surface area (Å²) in [5.41, 5.74) is 7.54. The first kappa shape index (κ1) is 15.5. The van der Waals surface area contributed by atoms with Crippen molar-refractivity contribution in [2.24, 2.45) is 5.73 Å². The molecule has 0 heterocycles. The van der Waals surface area contributed by atoms with E-state index in [-0.39, 0.29) is 0 Å². The number of nitrogens with two attached hydrogens (primary N) is 1. The number of benzene rings is 2. The maximum absolute atomic E-state index is 12.4. The van der Waals surface area contributed by atoms with E-state index in [1.807, 2.05) is 42.5 Å². The molecule has 2 aromatic rings. The largest absolute Gasteiger partial charge is 0.497 e. The molecule has 2 rings (SSSR count). The predicted octanol–water partition coefficient (Wildman–Crippen LogP) is 2.47. The summed E-state index contributed by atoms with van der Waals surface area (Å²) in [5.74, 6) is 1.93. The highest BCUT2D eigenvalue weighted by Crippen LogP contribution is 2.22. The Kier molecular flexibility index (Phi) is 5.36. The lowest BCUT2D eigenvalue weighted by molar-refractivity contribution is 0.409. The van der Waals surface area contributed by atoms with Crippen LogP contribution in [0.15, 0.2) is 47.4 Å². The second-order valence-corrected chi connectivity index (χ2v) is 5.97. The van der Waals surface area contributed by atoms with Crippen molar-refractivity contribution in [3.8, 4) is 11.5 Å². The van der Waals surface area contributed by atoms with E-state index in [1.165, 1.54) is 0 Å². The number of ether oxygens (including phenoxy) is 2. The van der Waals surface area contributed by atoms with Crippen LogP contribution in [0.4, 0.5) is 0 Å². The Bertz CT molecular complexity index is 626. The molecule has 4 nitrogen and oxygen atoms in total. The molecule has 5 heteroatoms. The lowest BCUT2D eigenvalue weighted by atomic mass is 10.1. The minimum atomic E-state index is -1.11. The normalized spacial score (nSPS) is 12.0. The van der Waals surface area contributed by atoms with Crippen molar-refractivity contribution in [1.82, 2.24) is 0 Å². The monoisotopic (exact) mass is 305 g/mol. The van der Waals surface area contributed by atoms with E-state index in [2.05, 4.69) is 0 Å². The standard InChI is InChI=1S/C16H19NO3S/c1-19-14-5-7-15(8-6-14)21(18)11-12-3-4-13(10-17)16(9-12)20-2/h3-9H,10-11,17H2,1-2H3. The third-order valence-electron chi connectivity index (χ3n) is 3.19. The topological polar surface area (TPSA) is 61.5 Å². The van der Waals surface area contributed by atoms with Gasteiger partial charge in [0.2, 0.25) is 0 Å². The first-order chi connectivity index (χ1) is 10.2. The highest BCUT2D eigenvalue weighted by atomic mass is 32.2. The fourth-order valence-electron chi connectivity index (χ4n) is 2.01. The van der Waals surface area contributed by atoms with Crippen molar-refractivity contribution >= 4 is 10.8 Å². The van der Waals surface area contributed by atoms with Crippen LogP contribution in [-0.4, -0.2) is 18.4 Å². The van der Waals surface area contributed by atoms with Crippen molar-refractivity contribution in [3.63, 3.8) is 0 Å². The molecule has 0 aliphatic heterocycles. The highest BCUT2D eigenvalue weighted by Gasteiger charge is 2.08. The van der Waals surface area contributed by atoms with Gasteiger partial charge in [-0.2, -0.15) is 0 Å². The lowest BCUT2D eigenvalue weighted by Gasteiger charge is -2.09. The van der Waals surface area contributed by atoms with Gasteiger partial charge in [-0.25, -0.2) is 0 Å². The van der Waals surface area contributed by atoms with Gasteiger partial charge in [0, 0.05) is 17.0 Å². The van der Waals surface area contributed by atoms with Gasteiger partial charge in [0.15, 0.2) is 0 Å². The van der Waals surface area contributed by atoms with E-state index < -0.39 is 10.8 Å². The summed E-state index contributed by atoms with van der Waals surface area (Å²) in [6, 6.07) is 13.0. The van der Waals surface area contributed by atoms with Crippen LogP contribution in [0.5, 0.6) is 11.5 Å². The zero-order valence-corrected chi connectivity index (χ0v) is 13.0. The van der Waals surface area contributed by atoms with E-state index >= 15 is 0 Å². The zero-order valence-electron chi connectivity index (χ0n) is 12.2. The Balaban J connectivity index is 2.14. The molecule has 0 fully saturated rings. The second-order valence-electron chi connectivity index (χ2n) is 4.52. The Morgan fingerprint density at radius 2 is 1.76 bits per heavy atom. The summed E-state index contributed by atoms with van der Waals surface area (Å²) in [7, 11) is 2.11. The van der Waals surface area contributed by atoms with E-state index in [0.717, 1.165) is 27.5 Å². The summed E-state index contributed by atoms with van der Waals surface area (Å²) in [6.45, 7) is 0.422. The first-order valence-corrected chi connectivity index (χ1v) is 7.88. The Hall–Kier alpha value is -1.85. The van der Waals surface area contributed by atoms with Gasteiger partial charge in [-0.3, -0.25) is 4.21 Å². The number of rotatable bonds is 6. The van der Waals surface area contributed by atoms with E-state index in [4.69, 9.17) is 15.2 Å². The van der Waals surface area contributed by atoms with Crippen LogP contribution in [0.2, 0.25) is 0 Å². The summed E-state index contributed by atoms with van der Waals surface area (Å²) >= 11 is 0. The molecule has 2 aromatic carbocycles. The Labute approximate surface area is 127 Å². The molecule has 0 bridgehead atoms. The van der Waals surface area contributed by atoms with Gasteiger partial charge in [0.25, 0.3) is 0 Å². The summed E-state index contributed by atoms with van der Waals surface area (Å²) < 4.78 is 22.8. The van der Waals surface area contributed by atoms with Gasteiger partial charge in [0.1, 0.15) is 11.5 Å². The second kappa shape index (κ2) is 7.24. The number of hydrogen-bond donors (Lipinski definition) is 1. The summed E-state index contributed by atoms with van der Waals surface area (Å²) in [6.07, 6.45) is 0.